The lowest BCUT2D eigenvalue weighted by Gasteiger charge is -2.08. The smallest absolute Gasteiger partial charge is 0.406 e. The van der Waals surface area contributed by atoms with Crippen molar-refractivity contribution in [3.8, 4) is 5.75 Å². The molecule has 0 aromatic heterocycles. The highest BCUT2D eigenvalue weighted by atomic mass is 19.4. The van der Waals surface area contributed by atoms with Gasteiger partial charge in [0.25, 0.3) is 0 Å². The standard InChI is InChI=1S/C10H10F3NO/c11-10(12,13)15-7-3-1-6(2-4-7)8-5-9(8)14/h1-4,8-9H,5,14H2/t8-,9+/m0/s1. The molecule has 2 rings (SSSR count). The van der Waals surface area contributed by atoms with Crippen molar-refractivity contribution in [3.63, 3.8) is 0 Å². The van der Waals surface area contributed by atoms with Crippen LogP contribution in [0.5, 0.6) is 5.75 Å². The fourth-order valence-electron chi connectivity index (χ4n) is 1.51. The van der Waals surface area contributed by atoms with Crippen LogP contribution in [-0.4, -0.2) is 12.4 Å². The zero-order chi connectivity index (χ0) is 11.1. The van der Waals surface area contributed by atoms with Crippen molar-refractivity contribution >= 4 is 0 Å². The van der Waals surface area contributed by atoms with E-state index in [1.54, 1.807) is 12.1 Å². The lowest BCUT2D eigenvalue weighted by atomic mass is 10.1. The molecule has 1 aromatic rings. The van der Waals surface area contributed by atoms with Crippen LogP contribution in [-0.2, 0) is 0 Å². The largest absolute Gasteiger partial charge is 0.573 e. The number of hydrogen-bond donors (Lipinski definition) is 1. The summed E-state index contributed by atoms with van der Waals surface area (Å²) in [5.41, 5.74) is 6.60. The molecule has 2 atom stereocenters. The van der Waals surface area contributed by atoms with Crippen LogP contribution in [0.2, 0.25) is 0 Å². The van der Waals surface area contributed by atoms with Gasteiger partial charge < -0.3 is 10.5 Å². The number of nitrogens with two attached hydrogens (primary N) is 1. The first-order chi connectivity index (χ1) is 6.96. The number of benzene rings is 1. The average Bonchev–Trinajstić information content (AvgIpc) is 2.81. The zero-order valence-corrected chi connectivity index (χ0v) is 7.79. The second-order valence-corrected chi connectivity index (χ2v) is 3.62. The summed E-state index contributed by atoms with van der Waals surface area (Å²) >= 11 is 0. The third kappa shape index (κ3) is 2.62. The molecule has 82 valence electrons. The predicted molar refractivity (Wildman–Crippen MR) is 48.5 cm³/mol. The minimum atomic E-state index is -4.63. The van der Waals surface area contributed by atoms with Crippen molar-refractivity contribution in [3.05, 3.63) is 29.8 Å². The van der Waals surface area contributed by atoms with E-state index in [1.807, 2.05) is 0 Å². The van der Waals surface area contributed by atoms with Crippen LogP contribution in [0.4, 0.5) is 13.2 Å². The summed E-state index contributed by atoms with van der Waals surface area (Å²) in [6.45, 7) is 0. The first-order valence-corrected chi connectivity index (χ1v) is 4.57. The van der Waals surface area contributed by atoms with Gasteiger partial charge in [-0.15, -0.1) is 13.2 Å². The second-order valence-electron chi connectivity index (χ2n) is 3.62. The minimum Gasteiger partial charge on any atom is -0.406 e. The van der Waals surface area contributed by atoms with Gasteiger partial charge in [0.1, 0.15) is 5.75 Å². The van der Waals surface area contributed by atoms with Crippen LogP contribution in [0.25, 0.3) is 0 Å². The molecule has 0 spiro atoms. The Morgan fingerprint density at radius 1 is 1.20 bits per heavy atom. The lowest BCUT2D eigenvalue weighted by molar-refractivity contribution is -0.274. The molecular weight excluding hydrogens is 207 g/mol. The highest BCUT2D eigenvalue weighted by Gasteiger charge is 2.35. The normalized spacial score (nSPS) is 25.1. The Labute approximate surface area is 84.8 Å². The van der Waals surface area contributed by atoms with Crippen molar-refractivity contribution in [2.24, 2.45) is 5.73 Å². The van der Waals surface area contributed by atoms with Crippen LogP contribution in [0, 0.1) is 0 Å². The van der Waals surface area contributed by atoms with Crippen LogP contribution in [0.1, 0.15) is 17.9 Å². The number of ether oxygens (including phenoxy) is 1. The molecule has 0 bridgehead atoms. The first kappa shape index (κ1) is 10.3. The molecule has 0 unspecified atom stereocenters. The van der Waals surface area contributed by atoms with E-state index in [0.717, 1.165) is 12.0 Å². The van der Waals surface area contributed by atoms with Crippen molar-refractivity contribution in [2.45, 2.75) is 24.7 Å². The van der Waals surface area contributed by atoms with Gasteiger partial charge in [0.2, 0.25) is 0 Å². The maximum atomic E-state index is 11.8. The third-order valence-corrected chi connectivity index (χ3v) is 2.38. The van der Waals surface area contributed by atoms with Crippen molar-refractivity contribution < 1.29 is 17.9 Å². The second kappa shape index (κ2) is 3.41. The van der Waals surface area contributed by atoms with E-state index in [0.29, 0.717) is 5.92 Å². The van der Waals surface area contributed by atoms with Crippen molar-refractivity contribution in [1.29, 1.82) is 0 Å². The van der Waals surface area contributed by atoms with E-state index in [9.17, 15) is 13.2 Å². The number of alkyl halides is 3. The first-order valence-electron chi connectivity index (χ1n) is 4.57. The maximum Gasteiger partial charge on any atom is 0.573 e. The molecule has 1 fully saturated rings. The molecule has 1 saturated carbocycles. The van der Waals surface area contributed by atoms with Gasteiger partial charge in [-0.3, -0.25) is 0 Å². The molecule has 2 nitrogen and oxygen atoms in total. The molecule has 1 aromatic carbocycles. The van der Waals surface area contributed by atoms with E-state index in [1.165, 1.54) is 12.1 Å². The maximum absolute atomic E-state index is 11.8. The molecule has 1 aliphatic rings. The highest BCUT2D eigenvalue weighted by molar-refractivity contribution is 5.33. The summed E-state index contributed by atoms with van der Waals surface area (Å²) in [6, 6.07) is 6.03. The monoisotopic (exact) mass is 217 g/mol. The van der Waals surface area contributed by atoms with Gasteiger partial charge >= 0.3 is 6.36 Å². The SMILES string of the molecule is N[C@@H]1C[C@H]1c1ccc(OC(F)(F)F)cc1. The van der Waals surface area contributed by atoms with Gasteiger partial charge in [-0.25, -0.2) is 0 Å². The third-order valence-electron chi connectivity index (χ3n) is 2.38. The van der Waals surface area contributed by atoms with Gasteiger partial charge in [-0.2, -0.15) is 0 Å². The Morgan fingerprint density at radius 3 is 2.13 bits per heavy atom. The van der Waals surface area contributed by atoms with E-state index in [2.05, 4.69) is 4.74 Å². The number of rotatable bonds is 2. The Hall–Kier alpha value is -1.23. The van der Waals surface area contributed by atoms with Crippen LogP contribution in [0.15, 0.2) is 24.3 Å². The summed E-state index contributed by atoms with van der Waals surface area (Å²) in [5, 5.41) is 0. The van der Waals surface area contributed by atoms with Crippen molar-refractivity contribution in [1.82, 2.24) is 0 Å². The fraction of sp³-hybridized carbons (Fsp3) is 0.400. The predicted octanol–water partition coefficient (Wildman–Crippen LogP) is 2.40. The summed E-state index contributed by atoms with van der Waals surface area (Å²) in [5.74, 6) is 0.102. The summed E-state index contributed by atoms with van der Waals surface area (Å²) in [6.07, 6.45) is -3.73. The summed E-state index contributed by atoms with van der Waals surface area (Å²) in [4.78, 5) is 0. The van der Waals surface area contributed by atoms with E-state index >= 15 is 0 Å². The van der Waals surface area contributed by atoms with E-state index < -0.39 is 6.36 Å². The quantitative estimate of drug-likeness (QED) is 0.825. The summed E-state index contributed by atoms with van der Waals surface area (Å²) < 4.78 is 39.3. The fourth-order valence-corrected chi connectivity index (χ4v) is 1.51. The Morgan fingerprint density at radius 2 is 1.73 bits per heavy atom. The highest BCUT2D eigenvalue weighted by Crippen LogP contribution is 2.39. The zero-order valence-electron chi connectivity index (χ0n) is 7.79. The van der Waals surface area contributed by atoms with Crippen LogP contribution >= 0.6 is 0 Å². The molecule has 0 saturated heterocycles. The summed E-state index contributed by atoms with van der Waals surface area (Å²) in [7, 11) is 0. The van der Waals surface area contributed by atoms with Gasteiger partial charge in [0.15, 0.2) is 0 Å². The van der Waals surface area contributed by atoms with Crippen LogP contribution in [0.3, 0.4) is 0 Å². The molecule has 0 aliphatic heterocycles. The van der Waals surface area contributed by atoms with Crippen molar-refractivity contribution in [2.75, 3.05) is 0 Å². The number of hydrogen-bond acceptors (Lipinski definition) is 2. The topological polar surface area (TPSA) is 35.2 Å². The molecule has 1 aliphatic carbocycles. The lowest BCUT2D eigenvalue weighted by Crippen LogP contribution is -2.17. The average molecular weight is 217 g/mol. The van der Waals surface area contributed by atoms with Crippen LogP contribution < -0.4 is 10.5 Å². The Kier molecular flexibility index (Phi) is 2.34. The van der Waals surface area contributed by atoms with Gasteiger partial charge in [0.05, 0.1) is 0 Å². The Balaban J connectivity index is 2.04. The Bertz CT molecular complexity index is 347. The minimum absolute atomic E-state index is 0.152. The van der Waals surface area contributed by atoms with Gasteiger partial charge in [-0.1, -0.05) is 12.1 Å². The number of halogens is 3. The molecule has 5 heteroatoms. The molecule has 0 radical (unpaired) electrons. The van der Waals surface area contributed by atoms with Gasteiger partial charge in [-0.05, 0) is 24.1 Å². The molecular formula is C10H10F3NO. The molecule has 0 heterocycles. The molecule has 15 heavy (non-hydrogen) atoms. The van der Waals surface area contributed by atoms with Gasteiger partial charge in [0, 0.05) is 12.0 Å². The molecule has 0 amide bonds. The van der Waals surface area contributed by atoms with E-state index in [-0.39, 0.29) is 11.8 Å². The molecule has 2 N–H and O–H groups in total. The van der Waals surface area contributed by atoms with E-state index in [4.69, 9.17) is 5.73 Å².